The summed E-state index contributed by atoms with van der Waals surface area (Å²) in [5.41, 5.74) is 2.98. The summed E-state index contributed by atoms with van der Waals surface area (Å²) in [4.78, 5) is 17.0. The molecule has 24 heavy (non-hydrogen) atoms. The summed E-state index contributed by atoms with van der Waals surface area (Å²) >= 11 is 1.61. The van der Waals surface area contributed by atoms with Gasteiger partial charge in [-0.3, -0.25) is 9.97 Å². The third-order valence-corrected chi connectivity index (χ3v) is 2.83. The molecule has 0 amide bonds. The summed E-state index contributed by atoms with van der Waals surface area (Å²) in [5, 5.41) is 0. The summed E-state index contributed by atoms with van der Waals surface area (Å²) in [5.74, 6) is 0. The zero-order valence-electron chi connectivity index (χ0n) is 12.5. The number of para-hydroxylation sites is 2. The van der Waals surface area contributed by atoms with Crippen LogP contribution in [0.3, 0.4) is 0 Å². The second-order valence-corrected chi connectivity index (χ2v) is 4.46. The summed E-state index contributed by atoms with van der Waals surface area (Å²) in [6, 6.07) is 22.4. The zero-order chi connectivity index (χ0) is 17.0. The minimum Gasteiger partial charge on any atom is -0.318 e. The molecule has 0 saturated carbocycles. The van der Waals surface area contributed by atoms with Gasteiger partial charge >= 0.3 is 28.2 Å². The zero-order valence-corrected chi connectivity index (χ0v) is 15.5. The van der Waals surface area contributed by atoms with E-state index in [0.717, 1.165) is 11.4 Å². The Morgan fingerprint density at radius 3 is 1.58 bits per heavy atom. The van der Waals surface area contributed by atoms with Gasteiger partial charge in [-0.1, -0.05) is 36.4 Å². The topological polar surface area (TPSA) is 50.5 Å². The van der Waals surface area contributed by atoms with Gasteiger partial charge in [0.05, 0.1) is 0 Å². The second-order valence-electron chi connectivity index (χ2n) is 4.46. The van der Waals surface area contributed by atoms with Gasteiger partial charge in [0, 0.05) is 11.4 Å². The number of rotatable bonds is 4. The maximum absolute atomic E-state index is 4.61. The second kappa shape index (κ2) is 10.6. The molecular weight excluding hydrogens is 503 g/mol. The van der Waals surface area contributed by atoms with Crippen LogP contribution in [0.5, 0.6) is 0 Å². The van der Waals surface area contributed by atoms with E-state index in [1.54, 1.807) is 31.2 Å². The number of nitrogens with zero attached hydrogens (tertiary/aromatic N) is 4. The Labute approximate surface area is 156 Å². The average molecular weight is 516 g/mol. The van der Waals surface area contributed by atoms with Crippen LogP contribution >= 0.6 is 9.42 Å². The van der Waals surface area contributed by atoms with Crippen LogP contribution in [0, 0.1) is 6.07 Å². The molecule has 6 heteroatoms. The van der Waals surface area contributed by atoms with Crippen molar-refractivity contribution in [1.82, 2.24) is 9.97 Å². The SMILES string of the molecule is [Cl][Pt+].[c-]1c(C=Nc2ccccc2)ncnc1C=Nc1ccccc1. The van der Waals surface area contributed by atoms with Crippen LogP contribution in [-0.4, -0.2) is 22.4 Å². The molecule has 0 aliphatic carbocycles. The maximum atomic E-state index is 4.61. The van der Waals surface area contributed by atoms with Crippen molar-refractivity contribution in [1.29, 1.82) is 0 Å². The number of halogens is 1. The Morgan fingerprint density at radius 2 is 1.17 bits per heavy atom. The molecule has 0 radical (unpaired) electrons. The standard InChI is InChI=1S/C18H13N4.ClH.Pt/c1-3-7-15(8-4-1)19-12-17-11-18(22-14-21-17)13-20-16-9-5-2-6-10-16;;/h1-10,12-14H;1H;/q-1;;+2/p-1. The minimum atomic E-state index is 0.619. The van der Waals surface area contributed by atoms with Crippen molar-refractivity contribution in [2.24, 2.45) is 9.98 Å². The van der Waals surface area contributed by atoms with E-state index in [0.29, 0.717) is 11.4 Å². The van der Waals surface area contributed by atoms with E-state index in [1.807, 2.05) is 60.7 Å². The van der Waals surface area contributed by atoms with Crippen LogP contribution in [0.15, 0.2) is 77.0 Å². The fourth-order valence-corrected chi connectivity index (χ4v) is 1.78. The van der Waals surface area contributed by atoms with Gasteiger partial charge in [0.1, 0.15) is 6.33 Å². The first-order valence-corrected chi connectivity index (χ1v) is 9.76. The fourth-order valence-electron chi connectivity index (χ4n) is 1.78. The van der Waals surface area contributed by atoms with E-state index >= 15 is 0 Å². The summed E-state index contributed by atoms with van der Waals surface area (Å²) in [6.45, 7) is 0. The van der Waals surface area contributed by atoms with E-state index < -0.39 is 0 Å². The molecule has 0 N–H and O–H groups in total. The van der Waals surface area contributed by atoms with Crippen LogP contribution in [0.4, 0.5) is 11.4 Å². The first-order chi connectivity index (χ1) is 11.9. The molecule has 1 heterocycles. The van der Waals surface area contributed by atoms with E-state index in [2.05, 4.69) is 35.4 Å². The summed E-state index contributed by atoms with van der Waals surface area (Å²) < 4.78 is 0. The molecule has 0 atom stereocenters. The van der Waals surface area contributed by atoms with Gasteiger partial charge in [-0.2, -0.15) is 0 Å². The number of aliphatic imine (C=N–C) groups is 2. The first-order valence-electron chi connectivity index (χ1n) is 6.95. The van der Waals surface area contributed by atoms with E-state index in [-0.39, 0.29) is 0 Å². The van der Waals surface area contributed by atoms with Crippen molar-refractivity contribution in [2.45, 2.75) is 0 Å². The van der Waals surface area contributed by atoms with E-state index in [4.69, 9.17) is 0 Å². The maximum Gasteiger partial charge on any atom is 0.111 e. The molecule has 0 fully saturated rings. The van der Waals surface area contributed by atoms with Gasteiger partial charge in [0.15, 0.2) is 0 Å². The van der Waals surface area contributed by atoms with Gasteiger partial charge in [-0.15, -0.1) is 6.07 Å². The number of hydrogen-bond donors (Lipinski definition) is 0. The normalized spacial score (nSPS) is 10.6. The number of aromatic nitrogens is 2. The molecular formula is C18H13ClN4Pt. The van der Waals surface area contributed by atoms with Crippen LogP contribution in [0.1, 0.15) is 11.4 Å². The molecule has 0 saturated heterocycles. The van der Waals surface area contributed by atoms with Gasteiger partial charge in [0.2, 0.25) is 0 Å². The largest absolute Gasteiger partial charge is 0.318 e. The molecule has 3 rings (SSSR count). The third kappa shape index (κ3) is 6.15. The van der Waals surface area contributed by atoms with Crippen molar-refractivity contribution in [2.75, 3.05) is 0 Å². The van der Waals surface area contributed by atoms with E-state index in [9.17, 15) is 0 Å². The first kappa shape index (κ1) is 18.2. The predicted octanol–water partition coefficient (Wildman–Crippen LogP) is 4.46. The quantitative estimate of drug-likeness (QED) is 0.380. The van der Waals surface area contributed by atoms with Gasteiger partial charge in [0.25, 0.3) is 0 Å². The molecule has 4 nitrogen and oxygen atoms in total. The van der Waals surface area contributed by atoms with Crippen LogP contribution in [-0.2, 0) is 18.8 Å². The Balaban J connectivity index is 0.00000100. The van der Waals surface area contributed by atoms with Crippen molar-refractivity contribution in [3.8, 4) is 0 Å². The van der Waals surface area contributed by atoms with Crippen LogP contribution in [0.25, 0.3) is 0 Å². The Hall–Kier alpha value is -2.16. The molecule has 0 spiro atoms. The molecule has 0 unspecified atom stereocenters. The molecule has 2 aromatic carbocycles. The summed E-state index contributed by atoms with van der Waals surface area (Å²) in [7, 11) is 4.61. The van der Waals surface area contributed by atoms with Crippen molar-refractivity contribution in [3.63, 3.8) is 0 Å². The molecule has 0 bridgehead atoms. The Morgan fingerprint density at radius 1 is 0.750 bits per heavy atom. The molecule has 1 aromatic heterocycles. The average Bonchev–Trinajstić information content (AvgIpc) is 2.68. The van der Waals surface area contributed by atoms with Crippen molar-refractivity contribution in [3.05, 3.63) is 84.4 Å². The molecule has 0 aliphatic rings. The molecule has 122 valence electrons. The Bertz CT molecular complexity index is 728. The van der Waals surface area contributed by atoms with Gasteiger partial charge in [-0.25, -0.2) is 0 Å². The fraction of sp³-hybridized carbons (Fsp3) is 0. The van der Waals surface area contributed by atoms with Crippen molar-refractivity contribution < 1.29 is 18.8 Å². The number of benzene rings is 2. The summed E-state index contributed by atoms with van der Waals surface area (Å²) in [6.07, 6.45) is 4.81. The van der Waals surface area contributed by atoms with Crippen molar-refractivity contribution >= 4 is 33.2 Å². The third-order valence-electron chi connectivity index (χ3n) is 2.83. The number of hydrogen-bond acceptors (Lipinski definition) is 4. The van der Waals surface area contributed by atoms with Gasteiger partial charge in [-0.05, 0) is 48.1 Å². The molecule has 0 aliphatic heterocycles. The minimum absolute atomic E-state index is 0.619. The smallest absolute Gasteiger partial charge is 0.111 e. The predicted molar refractivity (Wildman–Crippen MR) is 94.1 cm³/mol. The van der Waals surface area contributed by atoms with Gasteiger partial charge < -0.3 is 9.98 Å². The van der Waals surface area contributed by atoms with Crippen LogP contribution in [0.2, 0.25) is 0 Å². The molecule has 3 aromatic rings. The van der Waals surface area contributed by atoms with Crippen LogP contribution < -0.4 is 0 Å². The Kier molecular flexibility index (Phi) is 8.02. The monoisotopic (exact) mass is 515 g/mol. The van der Waals surface area contributed by atoms with E-state index in [1.165, 1.54) is 6.33 Å².